The van der Waals surface area contributed by atoms with Gasteiger partial charge in [0.2, 0.25) is 0 Å². The van der Waals surface area contributed by atoms with Gasteiger partial charge in [-0.05, 0) is 24.7 Å². The number of amides is 2. The molecule has 0 saturated heterocycles. The molecular weight excluding hydrogens is 188 g/mol. The summed E-state index contributed by atoms with van der Waals surface area (Å²) in [5.41, 5.74) is 0. The fraction of sp³-hybridized carbons (Fsp3) is 0.917. The summed E-state index contributed by atoms with van der Waals surface area (Å²) in [5, 5.41) is 2.92. The molecule has 2 amide bonds. The van der Waals surface area contributed by atoms with E-state index < -0.39 is 0 Å². The van der Waals surface area contributed by atoms with Crippen LogP contribution in [0.15, 0.2) is 0 Å². The highest BCUT2D eigenvalue weighted by Gasteiger charge is 2.07. The molecule has 0 aliphatic heterocycles. The first-order chi connectivity index (χ1) is 6.93. The SMILES string of the molecule is CC(C)CCNC(=O)N(C)CCC(C)C. The van der Waals surface area contributed by atoms with E-state index in [9.17, 15) is 4.79 Å². The topological polar surface area (TPSA) is 32.3 Å². The number of carbonyl (C=O) groups excluding carboxylic acids is 1. The lowest BCUT2D eigenvalue weighted by atomic mass is 10.1. The number of rotatable bonds is 6. The van der Waals surface area contributed by atoms with E-state index in [2.05, 4.69) is 33.0 Å². The van der Waals surface area contributed by atoms with Crippen molar-refractivity contribution < 1.29 is 4.79 Å². The highest BCUT2D eigenvalue weighted by molar-refractivity contribution is 5.73. The van der Waals surface area contributed by atoms with E-state index in [0.717, 1.165) is 25.9 Å². The third-order valence-electron chi connectivity index (χ3n) is 2.39. The van der Waals surface area contributed by atoms with E-state index >= 15 is 0 Å². The molecule has 90 valence electrons. The van der Waals surface area contributed by atoms with Crippen LogP contribution in [0.25, 0.3) is 0 Å². The van der Waals surface area contributed by atoms with Crippen molar-refractivity contribution >= 4 is 6.03 Å². The lowest BCUT2D eigenvalue weighted by Crippen LogP contribution is -2.38. The normalized spacial score (nSPS) is 10.9. The van der Waals surface area contributed by atoms with Crippen molar-refractivity contribution in [3.8, 4) is 0 Å². The van der Waals surface area contributed by atoms with Gasteiger partial charge in [0.1, 0.15) is 0 Å². The summed E-state index contributed by atoms with van der Waals surface area (Å²) in [6, 6.07) is 0.0521. The minimum Gasteiger partial charge on any atom is -0.338 e. The average Bonchev–Trinajstić information content (AvgIpc) is 2.13. The molecule has 3 heteroatoms. The van der Waals surface area contributed by atoms with Crippen LogP contribution in [0.5, 0.6) is 0 Å². The van der Waals surface area contributed by atoms with E-state index in [1.165, 1.54) is 0 Å². The van der Waals surface area contributed by atoms with E-state index in [1.807, 2.05) is 7.05 Å². The molecule has 3 nitrogen and oxygen atoms in total. The van der Waals surface area contributed by atoms with Gasteiger partial charge in [0.05, 0.1) is 0 Å². The molecule has 0 heterocycles. The summed E-state index contributed by atoms with van der Waals surface area (Å²) in [6.45, 7) is 10.3. The average molecular weight is 214 g/mol. The molecule has 0 atom stereocenters. The summed E-state index contributed by atoms with van der Waals surface area (Å²) >= 11 is 0. The number of hydrogen-bond donors (Lipinski definition) is 1. The monoisotopic (exact) mass is 214 g/mol. The summed E-state index contributed by atoms with van der Waals surface area (Å²) in [7, 11) is 1.85. The van der Waals surface area contributed by atoms with Gasteiger partial charge in [-0.1, -0.05) is 27.7 Å². The maximum absolute atomic E-state index is 11.6. The molecule has 0 aromatic heterocycles. The summed E-state index contributed by atoms with van der Waals surface area (Å²) in [4.78, 5) is 13.3. The number of carbonyl (C=O) groups is 1. The highest BCUT2D eigenvalue weighted by atomic mass is 16.2. The Morgan fingerprint density at radius 2 is 1.67 bits per heavy atom. The van der Waals surface area contributed by atoms with Crippen molar-refractivity contribution in [1.29, 1.82) is 0 Å². The van der Waals surface area contributed by atoms with Gasteiger partial charge in [0.15, 0.2) is 0 Å². The lowest BCUT2D eigenvalue weighted by molar-refractivity contribution is 0.206. The van der Waals surface area contributed by atoms with Crippen molar-refractivity contribution in [3.05, 3.63) is 0 Å². The standard InChI is InChI=1S/C12H26N2O/c1-10(2)6-8-13-12(15)14(5)9-7-11(3)4/h10-11H,6-9H2,1-5H3,(H,13,15). The minimum atomic E-state index is 0.0521. The Hall–Kier alpha value is -0.730. The summed E-state index contributed by atoms with van der Waals surface area (Å²) in [6.07, 6.45) is 2.11. The Morgan fingerprint density at radius 1 is 1.13 bits per heavy atom. The zero-order valence-corrected chi connectivity index (χ0v) is 10.8. The van der Waals surface area contributed by atoms with Crippen LogP contribution in [0.4, 0.5) is 4.79 Å². The Balaban J connectivity index is 3.60. The predicted molar refractivity (Wildman–Crippen MR) is 64.9 cm³/mol. The number of urea groups is 1. The van der Waals surface area contributed by atoms with Crippen molar-refractivity contribution in [1.82, 2.24) is 10.2 Å². The molecule has 15 heavy (non-hydrogen) atoms. The van der Waals surface area contributed by atoms with Crippen LogP contribution in [0.1, 0.15) is 40.5 Å². The molecule has 1 N–H and O–H groups in total. The van der Waals surface area contributed by atoms with E-state index in [4.69, 9.17) is 0 Å². The van der Waals surface area contributed by atoms with Crippen molar-refractivity contribution in [3.63, 3.8) is 0 Å². The van der Waals surface area contributed by atoms with Crippen LogP contribution in [0, 0.1) is 11.8 Å². The van der Waals surface area contributed by atoms with Gasteiger partial charge in [-0.3, -0.25) is 0 Å². The van der Waals surface area contributed by atoms with Crippen LogP contribution in [-0.2, 0) is 0 Å². The van der Waals surface area contributed by atoms with Crippen molar-refractivity contribution in [2.45, 2.75) is 40.5 Å². The highest BCUT2D eigenvalue weighted by Crippen LogP contribution is 2.01. The molecular formula is C12H26N2O. The first kappa shape index (κ1) is 14.3. The Morgan fingerprint density at radius 3 is 2.13 bits per heavy atom. The Labute approximate surface area is 94.2 Å². The van der Waals surface area contributed by atoms with Gasteiger partial charge in [0.25, 0.3) is 0 Å². The minimum absolute atomic E-state index is 0.0521. The largest absolute Gasteiger partial charge is 0.338 e. The second-order valence-corrected chi connectivity index (χ2v) is 5.02. The first-order valence-electron chi connectivity index (χ1n) is 5.92. The zero-order valence-electron chi connectivity index (χ0n) is 10.8. The second-order valence-electron chi connectivity index (χ2n) is 5.02. The predicted octanol–water partition coefficient (Wildman–Crippen LogP) is 2.72. The second kappa shape index (κ2) is 7.55. The third kappa shape index (κ3) is 8.28. The van der Waals surface area contributed by atoms with Crippen molar-refractivity contribution in [2.24, 2.45) is 11.8 Å². The van der Waals surface area contributed by atoms with Gasteiger partial charge < -0.3 is 10.2 Å². The smallest absolute Gasteiger partial charge is 0.317 e. The first-order valence-corrected chi connectivity index (χ1v) is 5.92. The molecule has 0 aliphatic carbocycles. The molecule has 0 radical (unpaired) electrons. The van der Waals surface area contributed by atoms with E-state index in [1.54, 1.807) is 4.90 Å². The molecule has 0 aliphatic rings. The van der Waals surface area contributed by atoms with Crippen LogP contribution in [0.2, 0.25) is 0 Å². The number of nitrogens with zero attached hydrogens (tertiary/aromatic N) is 1. The van der Waals surface area contributed by atoms with Crippen LogP contribution < -0.4 is 5.32 Å². The quantitative estimate of drug-likeness (QED) is 0.724. The van der Waals surface area contributed by atoms with Gasteiger partial charge in [-0.15, -0.1) is 0 Å². The molecule has 0 rings (SSSR count). The lowest BCUT2D eigenvalue weighted by Gasteiger charge is -2.19. The molecule has 0 bridgehead atoms. The summed E-state index contributed by atoms with van der Waals surface area (Å²) in [5.74, 6) is 1.29. The van der Waals surface area contributed by atoms with Gasteiger partial charge in [0, 0.05) is 20.1 Å². The van der Waals surface area contributed by atoms with Gasteiger partial charge in [-0.2, -0.15) is 0 Å². The maximum Gasteiger partial charge on any atom is 0.317 e. The zero-order chi connectivity index (χ0) is 11.8. The summed E-state index contributed by atoms with van der Waals surface area (Å²) < 4.78 is 0. The molecule has 0 aromatic rings. The van der Waals surface area contributed by atoms with Crippen molar-refractivity contribution in [2.75, 3.05) is 20.1 Å². The van der Waals surface area contributed by atoms with Crippen LogP contribution in [-0.4, -0.2) is 31.1 Å². The van der Waals surface area contributed by atoms with E-state index in [-0.39, 0.29) is 6.03 Å². The maximum atomic E-state index is 11.6. The molecule has 0 fully saturated rings. The molecule has 0 spiro atoms. The number of hydrogen-bond acceptors (Lipinski definition) is 1. The Bertz CT molecular complexity index is 178. The molecule has 0 aromatic carbocycles. The van der Waals surface area contributed by atoms with Gasteiger partial charge >= 0.3 is 6.03 Å². The Kier molecular flexibility index (Phi) is 7.18. The fourth-order valence-electron chi connectivity index (χ4n) is 1.16. The van der Waals surface area contributed by atoms with Crippen LogP contribution >= 0.6 is 0 Å². The van der Waals surface area contributed by atoms with Gasteiger partial charge in [-0.25, -0.2) is 4.79 Å². The molecule has 0 saturated carbocycles. The fourth-order valence-corrected chi connectivity index (χ4v) is 1.16. The van der Waals surface area contributed by atoms with Crippen LogP contribution in [0.3, 0.4) is 0 Å². The number of nitrogens with one attached hydrogen (secondary N) is 1. The molecule has 0 unspecified atom stereocenters. The third-order valence-corrected chi connectivity index (χ3v) is 2.39. The van der Waals surface area contributed by atoms with E-state index in [0.29, 0.717) is 11.8 Å².